The molecule has 5 heteroatoms. The van der Waals surface area contributed by atoms with E-state index in [9.17, 15) is 0 Å². The monoisotopic (exact) mass is 266 g/mol. The van der Waals surface area contributed by atoms with Crippen molar-refractivity contribution in [2.75, 3.05) is 37.9 Å². The zero-order valence-corrected chi connectivity index (χ0v) is 12.0. The number of nitrogens with two attached hydrogens (primary N) is 1. The van der Waals surface area contributed by atoms with Gasteiger partial charge in [0.15, 0.2) is 11.5 Å². The van der Waals surface area contributed by atoms with Crippen LogP contribution >= 0.6 is 0 Å². The molecule has 1 aliphatic heterocycles. The molecule has 2 N–H and O–H groups in total. The molecule has 5 nitrogen and oxygen atoms in total. The summed E-state index contributed by atoms with van der Waals surface area (Å²) in [5, 5.41) is 0. The molecule has 0 amide bonds. The van der Waals surface area contributed by atoms with Gasteiger partial charge in [-0.25, -0.2) is 0 Å². The van der Waals surface area contributed by atoms with Crippen LogP contribution in [-0.2, 0) is 4.74 Å². The first-order valence-electron chi connectivity index (χ1n) is 6.47. The van der Waals surface area contributed by atoms with Gasteiger partial charge in [-0.05, 0) is 13.8 Å². The Morgan fingerprint density at radius 2 is 1.63 bits per heavy atom. The van der Waals surface area contributed by atoms with Crippen LogP contribution in [0, 0.1) is 0 Å². The van der Waals surface area contributed by atoms with E-state index in [0.717, 1.165) is 18.8 Å². The van der Waals surface area contributed by atoms with Crippen molar-refractivity contribution in [3.8, 4) is 11.5 Å². The van der Waals surface area contributed by atoms with E-state index < -0.39 is 0 Å². The molecule has 1 fully saturated rings. The highest BCUT2D eigenvalue weighted by atomic mass is 16.5. The standard InChI is InChI=1S/C14H22N2O3/c1-9-7-16(8-10(2)19-9)12-6-14(18-4)13(17-3)5-11(12)15/h5-6,9-10H,7-8,15H2,1-4H3/t9-,10+. The molecule has 0 radical (unpaired) electrons. The number of benzene rings is 1. The summed E-state index contributed by atoms with van der Waals surface area (Å²) in [6, 6.07) is 3.73. The van der Waals surface area contributed by atoms with Crippen molar-refractivity contribution in [1.29, 1.82) is 0 Å². The summed E-state index contributed by atoms with van der Waals surface area (Å²) in [5.41, 5.74) is 7.79. The van der Waals surface area contributed by atoms with Crippen molar-refractivity contribution in [3.63, 3.8) is 0 Å². The molecule has 106 valence electrons. The van der Waals surface area contributed by atoms with E-state index in [0.29, 0.717) is 17.2 Å². The van der Waals surface area contributed by atoms with Gasteiger partial charge in [-0.1, -0.05) is 0 Å². The first-order valence-corrected chi connectivity index (χ1v) is 6.47. The van der Waals surface area contributed by atoms with Crippen LogP contribution < -0.4 is 20.1 Å². The lowest BCUT2D eigenvalue weighted by molar-refractivity contribution is -0.00518. The van der Waals surface area contributed by atoms with Crippen LogP contribution in [0.4, 0.5) is 11.4 Å². The predicted molar refractivity (Wildman–Crippen MR) is 76.2 cm³/mol. The molecule has 1 aliphatic rings. The third-order valence-corrected chi connectivity index (χ3v) is 3.29. The van der Waals surface area contributed by atoms with Crippen molar-refractivity contribution >= 4 is 11.4 Å². The number of hydrogen-bond acceptors (Lipinski definition) is 5. The fraction of sp³-hybridized carbons (Fsp3) is 0.571. The van der Waals surface area contributed by atoms with Gasteiger partial charge in [0, 0.05) is 25.2 Å². The van der Waals surface area contributed by atoms with Gasteiger partial charge in [0.05, 0.1) is 37.8 Å². The van der Waals surface area contributed by atoms with Gasteiger partial charge >= 0.3 is 0 Å². The second-order valence-electron chi connectivity index (χ2n) is 4.93. The number of rotatable bonds is 3. The van der Waals surface area contributed by atoms with E-state index in [1.165, 1.54) is 0 Å². The summed E-state index contributed by atoms with van der Waals surface area (Å²) in [5.74, 6) is 1.34. The number of ether oxygens (including phenoxy) is 3. The van der Waals surface area contributed by atoms with Gasteiger partial charge in [-0.15, -0.1) is 0 Å². The summed E-state index contributed by atoms with van der Waals surface area (Å²) in [4.78, 5) is 2.23. The molecule has 1 aromatic rings. The minimum absolute atomic E-state index is 0.191. The van der Waals surface area contributed by atoms with Crippen LogP contribution in [-0.4, -0.2) is 39.5 Å². The minimum Gasteiger partial charge on any atom is -0.493 e. The average Bonchev–Trinajstić information content (AvgIpc) is 2.37. The van der Waals surface area contributed by atoms with Crippen LogP contribution in [0.2, 0.25) is 0 Å². The van der Waals surface area contributed by atoms with Crippen molar-refractivity contribution in [2.24, 2.45) is 0 Å². The van der Waals surface area contributed by atoms with E-state index >= 15 is 0 Å². The Bertz CT molecular complexity index is 441. The smallest absolute Gasteiger partial charge is 0.162 e. The highest BCUT2D eigenvalue weighted by Gasteiger charge is 2.24. The van der Waals surface area contributed by atoms with Crippen molar-refractivity contribution in [3.05, 3.63) is 12.1 Å². The number of methoxy groups -OCH3 is 2. The highest BCUT2D eigenvalue weighted by Crippen LogP contribution is 2.37. The third kappa shape index (κ3) is 2.87. The quantitative estimate of drug-likeness (QED) is 0.847. The maximum Gasteiger partial charge on any atom is 0.162 e. The van der Waals surface area contributed by atoms with Gasteiger partial charge in [-0.2, -0.15) is 0 Å². The van der Waals surface area contributed by atoms with Gasteiger partial charge < -0.3 is 24.8 Å². The molecule has 0 unspecified atom stereocenters. The van der Waals surface area contributed by atoms with E-state index in [-0.39, 0.29) is 12.2 Å². The van der Waals surface area contributed by atoms with Crippen LogP contribution in [0.3, 0.4) is 0 Å². The summed E-state index contributed by atoms with van der Waals surface area (Å²) in [7, 11) is 3.23. The van der Waals surface area contributed by atoms with Gasteiger partial charge in [0.2, 0.25) is 0 Å². The highest BCUT2D eigenvalue weighted by molar-refractivity contribution is 5.73. The maximum atomic E-state index is 6.12. The maximum absolute atomic E-state index is 6.12. The Morgan fingerprint density at radius 1 is 1.11 bits per heavy atom. The number of hydrogen-bond donors (Lipinski definition) is 1. The molecule has 1 aromatic carbocycles. The topological polar surface area (TPSA) is 57.0 Å². The van der Waals surface area contributed by atoms with Crippen molar-refractivity contribution < 1.29 is 14.2 Å². The Morgan fingerprint density at radius 3 is 2.16 bits per heavy atom. The molecular weight excluding hydrogens is 244 g/mol. The summed E-state index contributed by atoms with van der Waals surface area (Å²) in [6.45, 7) is 5.78. The Balaban J connectivity index is 2.33. The molecule has 0 aliphatic carbocycles. The molecular formula is C14H22N2O3. The lowest BCUT2D eigenvalue weighted by Crippen LogP contribution is -2.45. The Kier molecular flexibility index (Phi) is 4.04. The molecule has 0 saturated carbocycles. The van der Waals surface area contributed by atoms with E-state index in [4.69, 9.17) is 19.9 Å². The van der Waals surface area contributed by atoms with Crippen LogP contribution in [0.15, 0.2) is 12.1 Å². The van der Waals surface area contributed by atoms with Crippen LogP contribution in [0.25, 0.3) is 0 Å². The normalized spacial score (nSPS) is 23.3. The van der Waals surface area contributed by atoms with Gasteiger partial charge in [0.25, 0.3) is 0 Å². The predicted octanol–water partition coefficient (Wildman–Crippen LogP) is 1.90. The molecule has 1 saturated heterocycles. The lowest BCUT2D eigenvalue weighted by atomic mass is 10.1. The average molecular weight is 266 g/mol. The number of nitrogen functional groups attached to an aromatic ring is 1. The minimum atomic E-state index is 0.191. The zero-order valence-electron chi connectivity index (χ0n) is 12.0. The number of anilines is 2. The molecule has 2 rings (SSSR count). The third-order valence-electron chi connectivity index (χ3n) is 3.29. The van der Waals surface area contributed by atoms with E-state index in [1.807, 2.05) is 6.07 Å². The summed E-state index contributed by atoms with van der Waals surface area (Å²) in [6.07, 6.45) is 0.382. The molecule has 19 heavy (non-hydrogen) atoms. The molecule has 0 aromatic heterocycles. The second-order valence-corrected chi connectivity index (χ2v) is 4.93. The van der Waals surface area contributed by atoms with Gasteiger partial charge in [0.1, 0.15) is 0 Å². The molecule has 0 bridgehead atoms. The molecule has 0 spiro atoms. The lowest BCUT2D eigenvalue weighted by Gasteiger charge is -2.37. The summed E-state index contributed by atoms with van der Waals surface area (Å²) >= 11 is 0. The van der Waals surface area contributed by atoms with Crippen molar-refractivity contribution in [1.82, 2.24) is 0 Å². The first-order chi connectivity index (χ1) is 9.05. The molecule has 1 heterocycles. The van der Waals surface area contributed by atoms with E-state index in [2.05, 4.69) is 18.7 Å². The Labute approximate surface area is 114 Å². The van der Waals surface area contributed by atoms with Crippen LogP contribution in [0.1, 0.15) is 13.8 Å². The van der Waals surface area contributed by atoms with Crippen molar-refractivity contribution in [2.45, 2.75) is 26.1 Å². The molecule has 2 atom stereocenters. The first kappa shape index (κ1) is 13.8. The van der Waals surface area contributed by atoms with Crippen LogP contribution in [0.5, 0.6) is 11.5 Å². The zero-order chi connectivity index (χ0) is 14.0. The number of morpholine rings is 1. The number of nitrogens with zero attached hydrogens (tertiary/aromatic N) is 1. The summed E-state index contributed by atoms with van der Waals surface area (Å²) < 4.78 is 16.3. The largest absolute Gasteiger partial charge is 0.493 e. The Hall–Kier alpha value is -1.62. The van der Waals surface area contributed by atoms with E-state index in [1.54, 1.807) is 20.3 Å². The fourth-order valence-corrected chi connectivity index (χ4v) is 2.53. The fourth-order valence-electron chi connectivity index (χ4n) is 2.53. The van der Waals surface area contributed by atoms with Gasteiger partial charge in [-0.3, -0.25) is 0 Å². The second kappa shape index (κ2) is 5.57. The SMILES string of the molecule is COc1cc(N)c(N2C[C@@H](C)O[C@@H](C)C2)cc1OC.